The molecule has 0 bridgehead atoms. The monoisotopic (exact) mass is 502 g/mol. The number of hydrogen-bond donors (Lipinski definition) is 2. The number of nitrogens with one attached hydrogen (secondary N) is 2. The molecule has 2 N–H and O–H groups in total. The molecule has 1 aliphatic heterocycles. The first-order valence-electron chi connectivity index (χ1n) is 10.5. The van der Waals surface area contributed by atoms with Gasteiger partial charge >= 0.3 is 0 Å². The predicted octanol–water partition coefficient (Wildman–Crippen LogP) is 5.17. The number of carbonyl (C=O) groups excluding carboxylic acids is 1. The third kappa shape index (κ3) is 6.37. The molecular formula is C23H24Cl2N6OS. The van der Waals surface area contributed by atoms with E-state index in [9.17, 15) is 4.79 Å². The van der Waals surface area contributed by atoms with E-state index in [1.54, 1.807) is 48.5 Å². The van der Waals surface area contributed by atoms with Gasteiger partial charge in [-0.3, -0.25) is 9.69 Å². The number of carbonyl (C=O) groups is 1. The highest BCUT2D eigenvalue weighted by atomic mass is 35.5. The molecule has 1 aliphatic rings. The first-order chi connectivity index (χ1) is 16.0. The molecule has 0 unspecified atom stereocenters. The third-order valence-corrected chi connectivity index (χ3v) is 6.76. The number of benzene rings is 1. The first-order valence-corrected chi connectivity index (χ1v) is 12.4. The highest BCUT2D eigenvalue weighted by molar-refractivity contribution is 7.96. The van der Waals surface area contributed by atoms with Crippen molar-refractivity contribution in [2.24, 2.45) is 0 Å². The van der Waals surface area contributed by atoms with Crippen LogP contribution in [-0.4, -0.2) is 57.5 Å². The van der Waals surface area contributed by atoms with Crippen molar-refractivity contribution in [3.63, 3.8) is 0 Å². The van der Waals surface area contributed by atoms with E-state index in [-0.39, 0.29) is 11.5 Å². The van der Waals surface area contributed by atoms with Gasteiger partial charge < -0.3 is 10.6 Å². The summed E-state index contributed by atoms with van der Waals surface area (Å²) >= 11 is 14.1. The molecule has 0 saturated carbocycles. The van der Waals surface area contributed by atoms with Gasteiger partial charge in [-0.15, -0.1) is 0 Å². The predicted molar refractivity (Wildman–Crippen MR) is 137 cm³/mol. The highest BCUT2D eigenvalue weighted by Gasteiger charge is 2.17. The molecule has 1 saturated heterocycles. The molecule has 2 aromatic heterocycles. The van der Waals surface area contributed by atoms with E-state index in [0.717, 1.165) is 38.4 Å². The molecule has 3 heterocycles. The van der Waals surface area contributed by atoms with E-state index >= 15 is 0 Å². The first kappa shape index (κ1) is 23.8. The molecule has 0 aliphatic carbocycles. The molecule has 33 heavy (non-hydrogen) atoms. The van der Waals surface area contributed by atoms with Crippen molar-refractivity contribution in [1.82, 2.24) is 19.2 Å². The minimum Gasteiger partial charge on any atom is -0.325 e. The van der Waals surface area contributed by atoms with Gasteiger partial charge in [-0.25, -0.2) is 14.3 Å². The Labute approximate surface area is 207 Å². The number of rotatable bonds is 7. The quantitative estimate of drug-likeness (QED) is 0.431. The maximum absolute atomic E-state index is 12.7. The zero-order chi connectivity index (χ0) is 23.2. The number of nitrogens with zero attached hydrogens (tertiary/aromatic N) is 4. The molecule has 1 aromatic carbocycles. The molecule has 0 spiro atoms. The fourth-order valence-corrected chi connectivity index (χ4v) is 4.65. The Morgan fingerprint density at radius 2 is 1.76 bits per heavy atom. The average Bonchev–Trinajstić information content (AvgIpc) is 2.80. The second-order valence-corrected chi connectivity index (χ2v) is 9.20. The van der Waals surface area contributed by atoms with Crippen LogP contribution in [0.1, 0.15) is 16.1 Å². The van der Waals surface area contributed by atoms with Crippen LogP contribution in [0.3, 0.4) is 0 Å². The molecule has 172 valence electrons. The van der Waals surface area contributed by atoms with Crippen molar-refractivity contribution in [2.75, 3.05) is 43.1 Å². The van der Waals surface area contributed by atoms with Crippen molar-refractivity contribution < 1.29 is 4.79 Å². The van der Waals surface area contributed by atoms with Crippen LogP contribution < -0.4 is 10.6 Å². The van der Waals surface area contributed by atoms with E-state index in [1.807, 2.05) is 18.2 Å². The Morgan fingerprint density at radius 3 is 2.48 bits per heavy atom. The number of anilines is 3. The van der Waals surface area contributed by atoms with Crippen LogP contribution in [0, 0.1) is 0 Å². The summed E-state index contributed by atoms with van der Waals surface area (Å²) in [7, 11) is 0. The van der Waals surface area contributed by atoms with E-state index in [0.29, 0.717) is 27.4 Å². The van der Waals surface area contributed by atoms with Gasteiger partial charge in [0.2, 0.25) is 0 Å². The van der Waals surface area contributed by atoms with Crippen LogP contribution in [0.2, 0.25) is 10.0 Å². The van der Waals surface area contributed by atoms with E-state index < -0.39 is 0 Å². The Balaban J connectivity index is 1.40. The summed E-state index contributed by atoms with van der Waals surface area (Å²) in [6, 6.07) is 14.3. The second-order valence-electron chi connectivity index (χ2n) is 7.51. The molecular weight excluding hydrogens is 479 g/mol. The number of halogens is 2. The molecule has 10 heteroatoms. The van der Waals surface area contributed by atoms with Gasteiger partial charge in [-0.2, -0.15) is 0 Å². The maximum atomic E-state index is 12.7. The number of aromatic nitrogens is 2. The molecule has 1 amide bonds. The molecule has 0 radical (unpaired) electrons. The van der Waals surface area contributed by atoms with E-state index in [4.69, 9.17) is 28.2 Å². The summed E-state index contributed by atoms with van der Waals surface area (Å²) in [6.45, 7) is 4.97. The standard InChI is InChI=1S/C23H24Cl2N6OS/c1-33-31-12-10-30(11-13-31)15-17-4-2-7-20(27-17)29-21-14-16(8-9-26-21)28-23(32)22-18(24)5-3-6-19(22)25/h2-9,14H,10-13,15H2,1H3,(H2,26,27,28,29,32). The van der Waals surface area contributed by atoms with Crippen molar-refractivity contribution in [2.45, 2.75) is 6.54 Å². The zero-order valence-corrected chi connectivity index (χ0v) is 20.4. The van der Waals surface area contributed by atoms with Crippen LogP contribution in [0.5, 0.6) is 0 Å². The average molecular weight is 503 g/mol. The summed E-state index contributed by atoms with van der Waals surface area (Å²) in [5, 5.41) is 6.63. The summed E-state index contributed by atoms with van der Waals surface area (Å²) in [6.07, 6.45) is 3.73. The van der Waals surface area contributed by atoms with Crippen molar-refractivity contribution in [1.29, 1.82) is 0 Å². The lowest BCUT2D eigenvalue weighted by Gasteiger charge is -2.32. The van der Waals surface area contributed by atoms with Gasteiger partial charge in [-0.1, -0.05) is 47.3 Å². The Morgan fingerprint density at radius 1 is 1.03 bits per heavy atom. The fraction of sp³-hybridized carbons (Fsp3) is 0.261. The topological polar surface area (TPSA) is 73.4 Å². The van der Waals surface area contributed by atoms with Gasteiger partial charge in [0.05, 0.1) is 21.3 Å². The Hall–Kier alpha value is -2.36. The van der Waals surface area contributed by atoms with E-state index in [1.165, 1.54) is 0 Å². The second kappa shape index (κ2) is 11.2. The minimum atomic E-state index is -0.385. The van der Waals surface area contributed by atoms with Gasteiger partial charge in [-0.05, 0) is 36.6 Å². The van der Waals surface area contributed by atoms with Crippen molar-refractivity contribution >= 4 is 58.4 Å². The highest BCUT2D eigenvalue weighted by Crippen LogP contribution is 2.26. The minimum absolute atomic E-state index is 0.236. The number of piperazine rings is 1. The van der Waals surface area contributed by atoms with Crippen LogP contribution in [-0.2, 0) is 6.54 Å². The molecule has 1 fully saturated rings. The van der Waals surface area contributed by atoms with Crippen LogP contribution in [0.15, 0.2) is 54.7 Å². The summed E-state index contributed by atoms with van der Waals surface area (Å²) < 4.78 is 2.37. The molecule has 4 rings (SSSR count). The van der Waals surface area contributed by atoms with Gasteiger partial charge in [0.15, 0.2) is 0 Å². The third-order valence-electron chi connectivity index (χ3n) is 5.25. The number of hydrogen-bond acceptors (Lipinski definition) is 7. The lowest BCUT2D eigenvalue weighted by molar-refractivity contribution is 0.102. The van der Waals surface area contributed by atoms with Gasteiger partial charge in [0, 0.05) is 50.7 Å². The zero-order valence-electron chi connectivity index (χ0n) is 18.1. The van der Waals surface area contributed by atoms with Gasteiger partial charge in [0.1, 0.15) is 11.6 Å². The number of pyridine rings is 2. The Bertz CT molecular complexity index is 1100. The summed E-state index contributed by atoms with van der Waals surface area (Å²) in [5.74, 6) is 0.876. The Kier molecular flexibility index (Phi) is 8.06. The number of amides is 1. The largest absolute Gasteiger partial charge is 0.325 e. The van der Waals surface area contributed by atoms with Crippen LogP contribution >= 0.6 is 35.1 Å². The van der Waals surface area contributed by atoms with E-state index in [2.05, 4.69) is 31.1 Å². The normalized spacial score (nSPS) is 14.8. The fourth-order valence-electron chi connectivity index (χ4n) is 3.55. The lowest BCUT2D eigenvalue weighted by atomic mass is 10.2. The van der Waals surface area contributed by atoms with Crippen molar-refractivity contribution in [3.8, 4) is 0 Å². The lowest BCUT2D eigenvalue weighted by Crippen LogP contribution is -2.42. The smallest absolute Gasteiger partial charge is 0.258 e. The van der Waals surface area contributed by atoms with Crippen LogP contribution in [0.25, 0.3) is 0 Å². The molecule has 0 atom stereocenters. The van der Waals surface area contributed by atoms with Gasteiger partial charge in [0.25, 0.3) is 5.91 Å². The summed E-state index contributed by atoms with van der Waals surface area (Å²) in [5.41, 5.74) is 1.80. The van der Waals surface area contributed by atoms with Crippen LogP contribution in [0.4, 0.5) is 17.3 Å². The maximum Gasteiger partial charge on any atom is 0.258 e. The SMILES string of the molecule is CSN1CCN(Cc2cccc(Nc3cc(NC(=O)c4c(Cl)cccc4Cl)ccn3)n2)CC1. The van der Waals surface area contributed by atoms with Crippen molar-refractivity contribution in [3.05, 3.63) is 76.0 Å². The molecule has 3 aromatic rings. The molecule has 7 nitrogen and oxygen atoms in total. The summed E-state index contributed by atoms with van der Waals surface area (Å²) in [4.78, 5) is 24.1.